The molecule has 4 nitrogen and oxygen atoms in total. The van der Waals surface area contributed by atoms with Crippen LogP contribution in [0.5, 0.6) is 0 Å². The average molecular weight is 252 g/mol. The minimum Gasteiger partial charge on any atom is -0.462 e. The van der Waals surface area contributed by atoms with Crippen molar-refractivity contribution in [2.24, 2.45) is 0 Å². The zero-order valence-corrected chi connectivity index (χ0v) is 8.98. The Kier molecular flexibility index (Phi) is 4.00. The van der Waals surface area contributed by atoms with Crippen molar-refractivity contribution in [1.29, 1.82) is 0 Å². The van der Waals surface area contributed by atoms with Crippen molar-refractivity contribution in [3.8, 4) is 0 Å². The number of ether oxygens (including phenoxy) is 1. The summed E-state index contributed by atoms with van der Waals surface area (Å²) in [4.78, 5) is 24.7. The van der Waals surface area contributed by atoms with Gasteiger partial charge in [0.15, 0.2) is 0 Å². The summed E-state index contributed by atoms with van der Waals surface area (Å²) in [5.41, 5.74) is -2.06. The third-order valence-electron chi connectivity index (χ3n) is 1.77. The molecule has 1 heterocycles. The van der Waals surface area contributed by atoms with Gasteiger partial charge >= 0.3 is 5.97 Å². The van der Waals surface area contributed by atoms with Gasteiger partial charge in [-0.15, -0.1) is 0 Å². The first-order valence-corrected chi connectivity index (χ1v) is 4.73. The summed E-state index contributed by atoms with van der Waals surface area (Å²) in [5.74, 6) is -0.897. The SMILES string of the molecule is CCOC(=O)c1c[nH]c(C(F)F)c(Cl)c1=O. The molecule has 16 heavy (non-hydrogen) atoms. The monoisotopic (exact) mass is 251 g/mol. The van der Waals surface area contributed by atoms with E-state index in [-0.39, 0.29) is 6.61 Å². The number of pyridine rings is 1. The molecule has 0 saturated carbocycles. The van der Waals surface area contributed by atoms with E-state index in [0.29, 0.717) is 0 Å². The van der Waals surface area contributed by atoms with Gasteiger partial charge < -0.3 is 9.72 Å². The van der Waals surface area contributed by atoms with Gasteiger partial charge in [-0.1, -0.05) is 11.6 Å². The zero-order chi connectivity index (χ0) is 12.3. The molecule has 0 saturated heterocycles. The van der Waals surface area contributed by atoms with Crippen LogP contribution >= 0.6 is 11.6 Å². The number of aromatic nitrogens is 1. The minimum absolute atomic E-state index is 0.0759. The molecule has 0 aliphatic carbocycles. The Labute approximate surface area is 94.2 Å². The smallest absolute Gasteiger partial charge is 0.343 e. The van der Waals surface area contributed by atoms with Crippen LogP contribution in [0.25, 0.3) is 0 Å². The maximum Gasteiger partial charge on any atom is 0.343 e. The number of carbonyl (C=O) groups excluding carboxylic acids is 1. The third-order valence-corrected chi connectivity index (χ3v) is 2.14. The first-order valence-electron chi connectivity index (χ1n) is 4.35. The van der Waals surface area contributed by atoms with Crippen LogP contribution in [0.1, 0.15) is 29.4 Å². The van der Waals surface area contributed by atoms with Crippen LogP contribution in [0.4, 0.5) is 8.78 Å². The zero-order valence-electron chi connectivity index (χ0n) is 8.22. The Balaban J connectivity index is 3.22. The highest BCUT2D eigenvalue weighted by atomic mass is 35.5. The van der Waals surface area contributed by atoms with Gasteiger partial charge in [-0.3, -0.25) is 4.79 Å². The van der Waals surface area contributed by atoms with Gasteiger partial charge in [0, 0.05) is 6.20 Å². The lowest BCUT2D eigenvalue weighted by Crippen LogP contribution is -2.20. The summed E-state index contributed by atoms with van der Waals surface area (Å²) >= 11 is 5.41. The molecule has 0 amide bonds. The highest BCUT2D eigenvalue weighted by molar-refractivity contribution is 6.31. The fourth-order valence-corrected chi connectivity index (χ4v) is 1.28. The number of carbonyl (C=O) groups is 1. The molecular weight excluding hydrogens is 244 g/mol. The molecule has 7 heteroatoms. The van der Waals surface area contributed by atoms with Gasteiger partial charge in [-0.25, -0.2) is 13.6 Å². The predicted octanol–water partition coefficient (Wildman–Crippen LogP) is 2.14. The van der Waals surface area contributed by atoms with Crippen LogP contribution < -0.4 is 5.43 Å². The molecule has 0 atom stereocenters. The molecule has 0 radical (unpaired) electrons. The van der Waals surface area contributed by atoms with Crippen molar-refractivity contribution < 1.29 is 18.3 Å². The largest absolute Gasteiger partial charge is 0.462 e. The highest BCUT2D eigenvalue weighted by Gasteiger charge is 2.20. The van der Waals surface area contributed by atoms with E-state index in [0.717, 1.165) is 6.20 Å². The second-order valence-electron chi connectivity index (χ2n) is 2.78. The van der Waals surface area contributed by atoms with E-state index >= 15 is 0 Å². The fourth-order valence-electron chi connectivity index (χ4n) is 1.04. The number of alkyl halides is 2. The van der Waals surface area contributed by atoms with Crippen LogP contribution in [0, 0.1) is 0 Å². The summed E-state index contributed by atoms with van der Waals surface area (Å²) < 4.78 is 29.2. The van der Waals surface area contributed by atoms with E-state index in [4.69, 9.17) is 11.6 Å². The lowest BCUT2D eigenvalue weighted by atomic mass is 10.2. The fraction of sp³-hybridized carbons (Fsp3) is 0.333. The molecule has 0 aliphatic heterocycles. The lowest BCUT2D eigenvalue weighted by Gasteiger charge is -2.05. The molecule has 0 spiro atoms. The second-order valence-corrected chi connectivity index (χ2v) is 3.16. The van der Waals surface area contributed by atoms with Crippen LogP contribution in [-0.4, -0.2) is 17.6 Å². The lowest BCUT2D eigenvalue weighted by molar-refractivity contribution is 0.0523. The molecule has 88 valence electrons. The standard InChI is InChI=1S/C9H8ClF2NO3/c1-2-16-9(15)4-3-13-6(8(11)12)5(10)7(4)14/h3,8H,2H2,1H3,(H,13,14). The summed E-state index contributed by atoms with van der Waals surface area (Å²) in [5, 5.41) is -0.694. The number of hydrogen-bond donors (Lipinski definition) is 1. The molecule has 0 bridgehead atoms. The van der Waals surface area contributed by atoms with Crippen LogP contribution in [0.2, 0.25) is 5.02 Å². The molecule has 1 aromatic heterocycles. The van der Waals surface area contributed by atoms with E-state index in [9.17, 15) is 18.4 Å². The topological polar surface area (TPSA) is 59.2 Å². The number of halogens is 3. The van der Waals surface area contributed by atoms with Crippen LogP contribution in [0.15, 0.2) is 11.0 Å². The minimum atomic E-state index is -2.91. The number of nitrogens with one attached hydrogen (secondary N) is 1. The normalized spacial score (nSPS) is 10.6. The summed E-state index contributed by atoms with van der Waals surface area (Å²) in [7, 11) is 0. The summed E-state index contributed by atoms with van der Waals surface area (Å²) in [6.07, 6.45) is -2.04. The van der Waals surface area contributed by atoms with Crippen molar-refractivity contribution >= 4 is 17.6 Å². The Morgan fingerprint density at radius 2 is 2.25 bits per heavy atom. The van der Waals surface area contributed by atoms with E-state index in [2.05, 4.69) is 9.72 Å². The number of hydrogen-bond acceptors (Lipinski definition) is 3. The molecule has 0 aliphatic rings. The van der Waals surface area contributed by atoms with Gasteiger partial charge in [-0.05, 0) is 6.92 Å². The van der Waals surface area contributed by atoms with Gasteiger partial charge in [-0.2, -0.15) is 0 Å². The van der Waals surface area contributed by atoms with E-state index in [1.807, 2.05) is 0 Å². The maximum atomic E-state index is 12.3. The van der Waals surface area contributed by atoms with E-state index < -0.39 is 34.1 Å². The number of esters is 1. The van der Waals surface area contributed by atoms with E-state index in [1.54, 1.807) is 6.92 Å². The maximum absolute atomic E-state index is 12.3. The van der Waals surface area contributed by atoms with Gasteiger partial charge in [0.25, 0.3) is 6.43 Å². The molecular formula is C9H8ClF2NO3. The Morgan fingerprint density at radius 3 is 2.75 bits per heavy atom. The molecule has 1 rings (SSSR count). The molecule has 1 aromatic rings. The molecule has 0 fully saturated rings. The molecule has 1 N–H and O–H groups in total. The predicted molar refractivity (Wildman–Crippen MR) is 53.0 cm³/mol. The van der Waals surface area contributed by atoms with Crippen molar-refractivity contribution in [2.45, 2.75) is 13.3 Å². The van der Waals surface area contributed by atoms with Crippen molar-refractivity contribution in [3.05, 3.63) is 32.7 Å². The Hall–Kier alpha value is -1.43. The van der Waals surface area contributed by atoms with Gasteiger partial charge in [0.05, 0.1) is 6.61 Å². The summed E-state index contributed by atoms with van der Waals surface area (Å²) in [6.45, 7) is 1.63. The Morgan fingerprint density at radius 1 is 1.62 bits per heavy atom. The van der Waals surface area contributed by atoms with Crippen LogP contribution in [0.3, 0.4) is 0 Å². The van der Waals surface area contributed by atoms with Gasteiger partial charge in [0.1, 0.15) is 16.3 Å². The Bertz CT molecular complexity index is 459. The van der Waals surface area contributed by atoms with E-state index in [1.165, 1.54) is 0 Å². The van der Waals surface area contributed by atoms with Crippen molar-refractivity contribution in [3.63, 3.8) is 0 Å². The van der Waals surface area contributed by atoms with Crippen LogP contribution in [-0.2, 0) is 4.74 Å². The number of rotatable bonds is 3. The van der Waals surface area contributed by atoms with Gasteiger partial charge in [0.2, 0.25) is 5.43 Å². The van der Waals surface area contributed by atoms with Crippen molar-refractivity contribution in [1.82, 2.24) is 4.98 Å². The van der Waals surface area contributed by atoms with Crippen molar-refractivity contribution in [2.75, 3.05) is 6.61 Å². The first kappa shape index (κ1) is 12.6. The first-order chi connectivity index (χ1) is 7.49. The molecule has 0 unspecified atom stereocenters. The summed E-state index contributed by atoms with van der Waals surface area (Å²) in [6, 6.07) is 0. The highest BCUT2D eigenvalue weighted by Crippen LogP contribution is 2.22. The molecule has 0 aromatic carbocycles. The average Bonchev–Trinajstić information content (AvgIpc) is 2.21. The third kappa shape index (κ3) is 2.38. The number of H-pyrrole nitrogens is 1. The quantitative estimate of drug-likeness (QED) is 0.838. The second kappa shape index (κ2) is 5.07. The number of aromatic amines is 1.